The van der Waals surface area contributed by atoms with Crippen LogP contribution in [0, 0.1) is 5.41 Å². The number of aromatic nitrogens is 2. The zero-order valence-corrected chi connectivity index (χ0v) is 16.8. The number of nitrogens with one attached hydrogen (secondary N) is 2. The van der Waals surface area contributed by atoms with Crippen LogP contribution < -0.4 is 14.8 Å². The average molecular weight is 419 g/mol. The zero-order valence-electron chi connectivity index (χ0n) is 14.4. The molecule has 142 valence electrons. The van der Waals surface area contributed by atoms with E-state index < -0.39 is 15.4 Å². The summed E-state index contributed by atoms with van der Waals surface area (Å²) in [4.78, 5) is 11.9. The van der Waals surface area contributed by atoms with Crippen molar-refractivity contribution < 1.29 is 17.9 Å². The van der Waals surface area contributed by atoms with Crippen LogP contribution in [0.4, 0.5) is 5.13 Å². The molecule has 0 atom stereocenters. The molecule has 0 saturated carbocycles. The summed E-state index contributed by atoms with van der Waals surface area (Å²) in [7, 11) is -3.84. The number of para-hydroxylation sites is 1. The molecule has 8 nitrogen and oxygen atoms in total. The van der Waals surface area contributed by atoms with Crippen LogP contribution in [0.1, 0.15) is 20.8 Å². The lowest BCUT2D eigenvalue weighted by atomic mass is 9.96. The van der Waals surface area contributed by atoms with Crippen molar-refractivity contribution in [1.29, 1.82) is 0 Å². The summed E-state index contributed by atoms with van der Waals surface area (Å²) in [5.74, 6) is 0.190. The maximum Gasteiger partial charge on any atom is 0.269 e. The minimum atomic E-state index is -3.84. The van der Waals surface area contributed by atoms with Gasteiger partial charge >= 0.3 is 0 Å². The minimum Gasteiger partial charge on any atom is -0.491 e. The van der Waals surface area contributed by atoms with Crippen molar-refractivity contribution in [2.45, 2.75) is 25.1 Å². The monoisotopic (exact) mass is 418 g/mol. The van der Waals surface area contributed by atoms with Gasteiger partial charge in [-0.25, -0.2) is 13.1 Å². The van der Waals surface area contributed by atoms with E-state index in [1.807, 2.05) is 0 Å². The van der Waals surface area contributed by atoms with Crippen LogP contribution in [-0.4, -0.2) is 37.7 Å². The fourth-order valence-corrected chi connectivity index (χ4v) is 3.75. The fraction of sp³-hybridized carbons (Fsp3) is 0.400. The van der Waals surface area contributed by atoms with Crippen molar-refractivity contribution in [3.63, 3.8) is 0 Å². The summed E-state index contributed by atoms with van der Waals surface area (Å²) in [6, 6.07) is 6.89. The van der Waals surface area contributed by atoms with Gasteiger partial charge in [-0.2, -0.15) is 0 Å². The highest BCUT2D eigenvalue weighted by Gasteiger charge is 2.25. The largest absolute Gasteiger partial charge is 0.491 e. The number of halogens is 1. The van der Waals surface area contributed by atoms with Crippen LogP contribution in [0.5, 0.6) is 5.75 Å². The van der Waals surface area contributed by atoms with E-state index in [4.69, 9.17) is 16.3 Å². The lowest BCUT2D eigenvalue weighted by molar-refractivity contribution is -0.123. The van der Waals surface area contributed by atoms with E-state index in [0.29, 0.717) is 10.8 Å². The standard InChI is InChI=1S/C15H19ClN4O4S2/c1-15(2,3)12(21)18-13-19-20-14(25-13)26(22,23)17-8-9-24-11-7-5-4-6-10(11)16/h4-7,17H,8-9H2,1-3H3,(H,18,19,21). The van der Waals surface area contributed by atoms with E-state index in [1.165, 1.54) is 0 Å². The van der Waals surface area contributed by atoms with Gasteiger partial charge in [0.15, 0.2) is 0 Å². The molecule has 0 aliphatic rings. The maximum absolute atomic E-state index is 12.2. The van der Waals surface area contributed by atoms with Gasteiger partial charge in [-0.3, -0.25) is 4.79 Å². The van der Waals surface area contributed by atoms with E-state index in [1.54, 1.807) is 45.0 Å². The Labute approximate surface area is 161 Å². The van der Waals surface area contributed by atoms with Crippen LogP contribution >= 0.6 is 22.9 Å². The minimum absolute atomic E-state index is 0.0246. The van der Waals surface area contributed by atoms with Gasteiger partial charge in [-0.05, 0) is 12.1 Å². The quantitative estimate of drug-likeness (QED) is 0.528. The first-order valence-corrected chi connectivity index (χ1v) is 10.3. The Kier molecular flexibility index (Phi) is 6.56. The molecule has 11 heteroatoms. The second kappa shape index (κ2) is 8.30. The van der Waals surface area contributed by atoms with Crippen LogP contribution in [0.25, 0.3) is 0 Å². The molecule has 0 unspecified atom stereocenters. The summed E-state index contributed by atoms with van der Waals surface area (Å²) in [6.07, 6.45) is 0. The second-order valence-electron chi connectivity index (χ2n) is 6.25. The highest BCUT2D eigenvalue weighted by molar-refractivity contribution is 7.91. The van der Waals surface area contributed by atoms with Gasteiger partial charge in [0.1, 0.15) is 12.4 Å². The predicted molar refractivity (Wildman–Crippen MR) is 100 cm³/mol. The van der Waals surface area contributed by atoms with Crippen molar-refractivity contribution in [2.24, 2.45) is 5.41 Å². The summed E-state index contributed by atoms with van der Waals surface area (Å²) >= 11 is 6.73. The van der Waals surface area contributed by atoms with Gasteiger partial charge in [0.2, 0.25) is 15.4 Å². The summed E-state index contributed by atoms with van der Waals surface area (Å²) in [5, 5.41) is 10.4. The van der Waals surface area contributed by atoms with Crippen molar-refractivity contribution in [2.75, 3.05) is 18.5 Å². The highest BCUT2D eigenvalue weighted by Crippen LogP contribution is 2.24. The van der Waals surface area contributed by atoms with Crippen molar-refractivity contribution in [1.82, 2.24) is 14.9 Å². The Balaban J connectivity index is 1.90. The molecule has 0 saturated heterocycles. The fourth-order valence-electron chi connectivity index (χ4n) is 1.61. The molecule has 2 N–H and O–H groups in total. The molecule has 0 aliphatic carbocycles. The van der Waals surface area contributed by atoms with E-state index in [9.17, 15) is 13.2 Å². The number of hydrogen-bond acceptors (Lipinski definition) is 7. The molecule has 0 fully saturated rings. The number of anilines is 1. The van der Waals surface area contributed by atoms with Crippen LogP contribution in [0.3, 0.4) is 0 Å². The van der Waals surface area contributed by atoms with Crippen molar-refractivity contribution in [3.8, 4) is 5.75 Å². The number of carbonyl (C=O) groups excluding carboxylic acids is 1. The number of sulfonamides is 1. The lowest BCUT2D eigenvalue weighted by Gasteiger charge is -2.15. The van der Waals surface area contributed by atoms with E-state index in [-0.39, 0.29) is 28.5 Å². The summed E-state index contributed by atoms with van der Waals surface area (Å²) in [5.41, 5.74) is -0.626. The second-order valence-corrected chi connectivity index (χ2v) is 9.58. The number of rotatable bonds is 7. The maximum atomic E-state index is 12.2. The molecule has 1 aromatic carbocycles. The Morgan fingerprint density at radius 3 is 2.62 bits per heavy atom. The molecule has 2 rings (SSSR count). The van der Waals surface area contributed by atoms with E-state index in [2.05, 4.69) is 20.2 Å². The normalized spacial score (nSPS) is 12.0. The first-order chi connectivity index (χ1) is 12.1. The Hall–Kier alpha value is -1.75. The predicted octanol–water partition coefficient (Wildman–Crippen LogP) is 2.53. The van der Waals surface area contributed by atoms with E-state index >= 15 is 0 Å². The van der Waals surface area contributed by atoms with Crippen LogP contribution in [0.2, 0.25) is 5.02 Å². The molecule has 0 aliphatic heterocycles. The summed E-state index contributed by atoms with van der Waals surface area (Å²) < 4.78 is 32.0. The smallest absolute Gasteiger partial charge is 0.269 e. The van der Waals surface area contributed by atoms with E-state index in [0.717, 1.165) is 11.3 Å². The average Bonchev–Trinajstić information content (AvgIpc) is 3.01. The van der Waals surface area contributed by atoms with Gasteiger partial charge in [0.05, 0.1) is 5.02 Å². The van der Waals surface area contributed by atoms with Crippen LogP contribution in [0.15, 0.2) is 28.6 Å². The van der Waals surface area contributed by atoms with Crippen molar-refractivity contribution >= 4 is 44.0 Å². The highest BCUT2D eigenvalue weighted by atomic mass is 35.5. The molecule has 0 bridgehead atoms. The number of amides is 1. The third-order valence-electron chi connectivity index (χ3n) is 3.03. The number of carbonyl (C=O) groups is 1. The molecule has 1 aromatic heterocycles. The molecule has 0 spiro atoms. The topological polar surface area (TPSA) is 110 Å². The van der Waals surface area contributed by atoms with Gasteiger partial charge in [-0.15, -0.1) is 10.2 Å². The molecule has 26 heavy (non-hydrogen) atoms. The third kappa shape index (κ3) is 5.63. The Morgan fingerprint density at radius 2 is 1.96 bits per heavy atom. The van der Waals surface area contributed by atoms with Gasteiger partial charge in [0.25, 0.3) is 10.0 Å². The third-order valence-corrected chi connectivity index (χ3v) is 6.01. The molecule has 0 radical (unpaired) electrons. The van der Waals surface area contributed by atoms with Gasteiger partial charge in [-0.1, -0.05) is 55.8 Å². The molecular weight excluding hydrogens is 400 g/mol. The lowest BCUT2D eigenvalue weighted by Crippen LogP contribution is -2.28. The zero-order chi connectivity index (χ0) is 19.4. The number of ether oxygens (including phenoxy) is 1. The van der Waals surface area contributed by atoms with Gasteiger partial charge in [0, 0.05) is 12.0 Å². The number of nitrogens with zero attached hydrogens (tertiary/aromatic N) is 2. The Bertz CT molecular complexity index is 878. The molecule has 1 heterocycles. The van der Waals surface area contributed by atoms with Crippen LogP contribution in [-0.2, 0) is 14.8 Å². The summed E-state index contributed by atoms with van der Waals surface area (Å²) in [6.45, 7) is 5.33. The molecule has 2 aromatic rings. The first kappa shape index (κ1) is 20.6. The SMILES string of the molecule is CC(C)(C)C(=O)Nc1nnc(S(=O)(=O)NCCOc2ccccc2Cl)s1. The number of benzene rings is 1. The molecule has 1 amide bonds. The van der Waals surface area contributed by atoms with Crippen molar-refractivity contribution in [3.05, 3.63) is 29.3 Å². The molecular formula is C15H19ClN4O4S2. The Morgan fingerprint density at radius 1 is 1.27 bits per heavy atom. The van der Waals surface area contributed by atoms with Gasteiger partial charge < -0.3 is 10.1 Å². The number of hydrogen-bond donors (Lipinski definition) is 2. The first-order valence-electron chi connectivity index (χ1n) is 7.61.